The highest BCUT2D eigenvalue weighted by Gasteiger charge is 2.41. The molecule has 0 spiro atoms. The van der Waals surface area contributed by atoms with Crippen molar-refractivity contribution in [1.82, 2.24) is 0 Å². The third-order valence-corrected chi connectivity index (χ3v) is 2.93. The molecule has 0 radical (unpaired) electrons. The minimum atomic E-state index is -0.798. The van der Waals surface area contributed by atoms with Crippen LogP contribution in [0.25, 0.3) is 0 Å². The average molecular weight is 234 g/mol. The van der Waals surface area contributed by atoms with Crippen molar-refractivity contribution >= 4 is 23.2 Å². The second kappa shape index (κ2) is 3.48. The number of carbonyl (C=O) groups is 2. The molecule has 0 atom stereocenters. The minimum Gasteiger partial charge on any atom is -0.505 e. The minimum absolute atomic E-state index is 0.0546. The lowest BCUT2D eigenvalue weighted by molar-refractivity contribution is -0.119. The van der Waals surface area contributed by atoms with Gasteiger partial charge in [-0.3, -0.25) is 9.59 Å². The Kier molecular flexibility index (Phi) is 2.34. The Morgan fingerprint density at radius 2 is 2.06 bits per heavy atom. The van der Waals surface area contributed by atoms with Crippen LogP contribution in [0.2, 0.25) is 0 Å². The molecule has 1 aliphatic heterocycles. The van der Waals surface area contributed by atoms with Crippen LogP contribution in [0.1, 0.15) is 26.3 Å². The first-order chi connectivity index (χ1) is 7.84. The summed E-state index contributed by atoms with van der Waals surface area (Å²) in [5.74, 6) is -0.487. The van der Waals surface area contributed by atoms with Crippen molar-refractivity contribution in [3.63, 3.8) is 0 Å². The van der Waals surface area contributed by atoms with Crippen molar-refractivity contribution in [2.45, 2.75) is 26.2 Å². The van der Waals surface area contributed by atoms with E-state index in [-0.39, 0.29) is 17.6 Å². The molecule has 0 fully saturated rings. The molecular formula is C12H14N2O3. The molecule has 0 unspecified atom stereocenters. The molecule has 5 heteroatoms. The van der Waals surface area contributed by atoms with Gasteiger partial charge in [0.15, 0.2) is 0 Å². The normalized spacial score (nSPS) is 16.3. The van der Waals surface area contributed by atoms with Crippen LogP contribution in [0.4, 0.5) is 11.4 Å². The van der Waals surface area contributed by atoms with E-state index in [1.807, 2.05) is 0 Å². The Hall–Kier alpha value is -2.04. The van der Waals surface area contributed by atoms with Crippen LogP contribution in [-0.2, 0) is 15.0 Å². The lowest BCUT2D eigenvalue weighted by Gasteiger charge is -2.18. The highest BCUT2D eigenvalue weighted by molar-refractivity contribution is 6.07. The van der Waals surface area contributed by atoms with Gasteiger partial charge in [-0.1, -0.05) is 0 Å². The fourth-order valence-corrected chi connectivity index (χ4v) is 2.01. The van der Waals surface area contributed by atoms with Gasteiger partial charge in [0.1, 0.15) is 5.75 Å². The van der Waals surface area contributed by atoms with Crippen molar-refractivity contribution < 1.29 is 14.7 Å². The largest absolute Gasteiger partial charge is 0.505 e. The van der Waals surface area contributed by atoms with E-state index in [1.54, 1.807) is 26.0 Å². The number of aromatic hydroxyl groups is 1. The van der Waals surface area contributed by atoms with E-state index >= 15 is 0 Å². The summed E-state index contributed by atoms with van der Waals surface area (Å²) in [6, 6.07) is 3.24. The highest BCUT2D eigenvalue weighted by atomic mass is 16.3. The summed E-state index contributed by atoms with van der Waals surface area (Å²) in [6.07, 6.45) is 0. The topological polar surface area (TPSA) is 78.4 Å². The molecule has 1 heterocycles. The Morgan fingerprint density at radius 3 is 2.65 bits per heavy atom. The molecular weight excluding hydrogens is 220 g/mol. The second-order valence-electron chi connectivity index (χ2n) is 4.64. The van der Waals surface area contributed by atoms with Gasteiger partial charge in [-0.15, -0.1) is 0 Å². The summed E-state index contributed by atoms with van der Waals surface area (Å²) in [6.45, 7) is 4.82. The van der Waals surface area contributed by atoms with Gasteiger partial charge in [0.05, 0.1) is 11.1 Å². The van der Waals surface area contributed by atoms with Gasteiger partial charge in [-0.25, -0.2) is 0 Å². The Morgan fingerprint density at radius 1 is 1.41 bits per heavy atom. The third-order valence-electron chi connectivity index (χ3n) is 2.93. The van der Waals surface area contributed by atoms with Crippen LogP contribution in [-0.4, -0.2) is 16.9 Å². The van der Waals surface area contributed by atoms with Gasteiger partial charge in [-0.2, -0.15) is 0 Å². The number of phenols is 1. The summed E-state index contributed by atoms with van der Waals surface area (Å²) >= 11 is 0. The quantitative estimate of drug-likeness (QED) is 0.645. The van der Waals surface area contributed by atoms with Gasteiger partial charge in [-0.05, 0) is 26.0 Å². The van der Waals surface area contributed by atoms with Gasteiger partial charge in [0.2, 0.25) is 11.8 Å². The fraction of sp³-hybridized carbons (Fsp3) is 0.333. The molecule has 2 rings (SSSR count). The zero-order valence-corrected chi connectivity index (χ0v) is 9.92. The van der Waals surface area contributed by atoms with Crippen molar-refractivity contribution in [2.24, 2.45) is 0 Å². The van der Waals surface area contributed by atoms with E-state index in [0.717, 1.165) is 0 Å². The molecule has 0 aromatic heterocycles. The maximum Gasteiger partial charge on any atom is 0.234 e. The SMILES string of the molecule is CC(=O)Nc1ccc2c(c1O)C(C)(C)C(=O)N2. The number of hydrogen-bond acceptors (Lipinski definition) is 3. The Bertz CT molecular complexity index is 521. The third kappa shape index (κ3) is 1.63. The molecule has 1 aromatic carbocycles. The predicted octanol–water partition coefficient (Wildman–Crippen LogP) is 1.58. The van der Waals surface area contributed by atoms with Crippen LogP contribution >= 0.6 is 0 Å². The maximum absolute atomic E-state index is 11.7. The lowest BCUT2D eigenvalue weighted by Crippen LogP contribution is -2.27. The summed E-state index contributed by atoms with van der Waals surface area (Å²) in [7, 11) is 0. The first-order valence-corrected chi connectivity index (χ1v) is 5.29. The number of carbonyl (C=O) groups excluding carboxylic acids is 2. The first kappa shape index (κ1) is 11.4. The van der Waals surface area contributed by atoms with E-state index in [2.05, 4.69) is 10.6 Å². The van der Waals surface area contributed by atoms with Crippen molar-refractivity contribution in [3.8, 4) is 5.75 Å². The smallest absolute Gasteiger partial charge is 0.234 e. The summed E-state index contributed by atoms with van der Waals surface area (Å²) in [5, 5.41) is 15.3. The molecule has 1 aromatic rings. The molecule has 0 saturated heterocycles. The summed E-state index contributed by atoms with van der Waals surface area (Å²) in [4.78, 5) is 22.7. The van der Waals surface area contributed by atoms with Crippen LogP contribution in [0.3, 0.4) is 0 Å². The summed E-state index contributed by atoms with van der Waals surface area (Å²) in [5.41, 5.74) is 0.634. The molecule has 1 aliphatic rings. The van der Waals surface area contributed by atoms with Gasteiger partial charge in [0, 0.05) is 18.2 Å². The van der Waals surface area contributed by atoms with Crippen LogP contribution in [0.15, 0.2) is 12.1 Å². The van der Waals surface area contributed by atoms with Gasteiger partial charge >= 0.3 is 0 Å². The van der Waals surface area contributed by atoms with E-state index in [4.69, 9.17) is 0 Å². The summed E-state index contributed by atoms with van der Waals surface area (Å²) < 4.78 is 0. The van der Waals surface area contributed by atoms with Crippen molar-refractivity contribution in [3.05, 3.63) is 17.7 Å². The first-order valence-electron chi connectivity index (χ1n) is 5.29. The number of amides is 2. The van der Waals surface area contributed by atoms with Crippen LogP contribution in [0, 0.1) is 0 Å². The highest BCUT2D eigenvalue weighted by Crippen LogP contribution is 2.46. The molecule has 3 N–H and O–H groups in total. The van der Waals surface area contributed by atoms with E-state index < -0.39 is 5.41 Å². The fourth-order valence-electron chi connectivity index (χ4n) is 2.01. The monoisotopic (exact) mass is 234 g/mol. The number of benzene rings is 1. The zero-order chi connectivity index (χ0) is 12.8. The maximum atomic E-state index is 11.7. The lowest BCUT2D eigenvalue weighted by atomic mass is 9.85. The number of rotatable bonds is 1. The average Bonchev–Trinajstić information content (AvgIpc) is 2.43. The van der Waals surface area contributed by atoms with Crippen LogP contribution < -0.4 is 10.6 Å². The second-order valence-corrected chi connectivity index (χ2v) is 4.64. The number of fused-ring (bicyclic) bond motifs is 1. The zero-order valence-electron chi connectivity index (χ0n) is 9.92. The molecule has 17 heavy (non-hydrogen) atoms. The van der Waals surface area contributed by atoms with E-state index in [0.29, 0.717) is 16.9 Å². The number of nitrogens with one attached hydrogen (secondary N) is 2. The van der Waals surface area contributed by atoms with Gasteiger partial charge in [0.25, 0.3) is 0 Å². The molecule has 5 nitrogen and oxygen atoms in total. The van der Waals surface area contributed by atoms with E-state index in [9.17, 15) is 14.7 Å². The Balaban J connectivity index is 2.57. The van der Waals surface area contributed by atoms with Gasteiger partial charge < -0.3 is 15.7 Å². The number of anilines is 2. The molecule has 90 valence electrons. The standard InChI is InChI=1S/C12H14N2O3/c1-6(15)13-8-5-4-7-9(10(8)16)12(2,3)11(17)14-7/h4-5,16H,1-3H3,(H,13,15)(H,14,17). The number of hydrogen-bond donors (Lipinski definition) is 3. The molecule has 0 aliphatic carbocycles. The molecule has 2 amide bonds. The number of phenolic OH excluding ortho intramolecular Hbond substituents is 1. The van der Waals surface area contributed by atoms with E-state index in [1.165, 1.54) is 6.92 Å². The predicted molar refractivity (Wildman–Crippen MR) is 64.1 cm³/mol. The van der Waals surface area contributed by atoms with Crippen LogP contribution in [0.5, 0.6) is 5.75 Å². The molecule has 0 saturated carbocycles. The molecule has 0 bridgehead atoms. The van der Waals surface area contributed by atoms with Crippen molar-refractivity contribution in [1.29, 1.82) is 0 Å². The van der Waals surface area contributed by atoms with Crippen molar-refractivity contribution in [2.75, 3.05) is 10.6 Å². The Labute approximate surface area is 98.8 Å².